The Balaban J connectivity index is 1.57. The van der Waals surface area contributed by atoms with Crippen molar-refractivity contribution in [2.75, 3.05) is 0 Å². The van der Waals surface area contributed by atoms with Crippen molar-refractivity contribution in [1.82, 2.24) is 0 Å². The number of carbonyl (C=O) groups is 1. The van der Waals surface area contributed by atoms with Crippen molar-refractivity contribution in [2.24, 2.45) is 50.2 Å². The first-order chi connectivity index (χ1) is 15.1. The molecule has 2 N–H and O–H groups in total. The van der Waals surface area contributed by atoms with Crippen LogP contribution in [0.3, 0.4) is 0 Å². The number of aliphatic hydroxyl groups excluding tert-OH is 1. The van der Waals surface area contributed by atoms with Crippen LogP contribution in [-0.4, -0.2) is 22.3 Å². The summed E-state index contributed by atoms with van der Waals surface area (Å²) in [6, 6.07) is 0. The van der Waals surface area contributed by atoms with Gasteiger partial charge in [0.15, 0.2) is 0 Å². The van der Waals surface area contributed by atoms with E-state index in [1.54, 1.807) is 5.57 Å². The Morgan fingerprint density at radius 2 is 1.55 bits per heavy atom. The second-order valence-electron chi connectivity index (χ2n) is 14.9. The lowest BCUT2D eigenvalue weighted by Gasteiger charge is -2.71. The highest BCUT2D eigenvalue weighted by Gasteiger charge is 2.68. The van der Waals surface area contributed by atoms with Gasteiger partial charge in [-0.15, -0.1) is 0 Å². The third kappa shape index (κ3) is 2.87. The summed E-state index contributed by atoms with van der Waals surface area (Å²) in [5, 5.41) is 20.9. The second-order valence-corrected chi connectivity index (χ2v) is 14.9. The average Bonchev–Trinajstić information content (AvgIpc) is 2.73. The molecule has 4 saturated carbocycles. The molecule has 0 aromatic rings. The molecule has 0 aliphatic heterocycles. The third-order valence-electron chi connectivity index (χ3n) is 13.3. The molecule has 0 aromatic carbocycles. The van der Waals surface area contributed by atoms with Crippen LogP contribution >= 0.6 is 0 Å². The third-order valence-corrected chi connectivity index (χ3v) is 13.3. The standard InChI is InChI=1S/C30H48O3/c1-25(2)21-10-13-30(7)22(28(21,5)12-11-23(25)31)9-8-19-20-18-27(4,24(32)33)15-14-26(20,3)16-17-29(19,30)6/h8,20-23,31H,9-18H2,1-7H3,(H,32,33)/t20-,21-,22+,23-,26+,27+,28-,29+,30+/m0/s1. The predicted octanol–water partition coefficient (Wildman–Crippen LogP) is 7.23. The molecule has 186 valence electrons. The molecule has 5 rings (SSSR count). The number of hydrogen-bond acceptors (Lipinski definition) is 2. The summed E-state index contributed by atoms with van der Waals surface area (Å²) in [4.78, 5) is 12.2. The predicted molar refractivity (Wildman–Crippen MR) is 133 cm³/mol. The van der Waals surface area contributed by atoms with Gasteiger partial charge in [-0.05, 0) is 116 Å². The highest BCUT2D eigenvalue weighted by atomic mass is 16.4. The van der Waals surface area contributed by atoms with Crippen molar-refractivity contribution in [3.8, 4) is 0 Å². The minimum atomic E-state index is -0.603. The molecule has 0 radical (unpaired) electrons. The van der Waals surface area contributed by atoms with E-state index >= 15 is 0 Å². The van der Waals surface area contributed by atoms with Crippen LogP contribution in [0.2, 0.25) is 0 Å². The molecule has 0 bridgehead atoms. The lowest BCUT2D eigenvalue weighted by Crippen LogP contribution is -2.64. The van der Waals surface area contributed by atoms with Gasteiger partial charge < -0.3 is 10.2 Å². The van der Waals surface area contributed by atoms with Crippen molar-refractivity contribution in [3.05, 3.63) is 11.6 Å². The molecule has 0 spiro atoms. The maximum absolute atomic E-state index is 12.2. The van der Waals surface area contributed by atoms with Gasteiger partial charge in [0.25, 0.3) is 0 Å². The molecule has 0 saturated heterocycles. The summed E-state index contributed by atoms with van der Waals surface area (Å²) in [5.74, 6) is 1.01. The normalized spacial score (nSPS) is 55.3. The Hall–Kier alpha value is -0.830. The molecule has 3 nitrogen and oxygen atoms in total. The smallest absolute Gasteiger partial charge is 0.309 e. The van der Waals surface area contributed by atoms with Crippen LogP contribution in [-0.2, 0) is 4.79 Å². The van der Waals surface area contributed by atoms with E-state index in [4.69, 9.17) is 0 Å². The Morgan fingerprint density at radius 3 is 2.21 bits per heavy atom. The van der Waals surface area contributed by atoms with Gasteiger partial charge in [0, 0.05) is 0 Å². The van der Waals surface area contributed by atoms with Gasteiger partial charge in [-0.3, -0.25) is 4.79 Å². The summed E-state index contributed by atoms with van der Waals surface area (Å²) < 4.78 is 0. The highest BCUT2D eigenvalue weighted by Crippen LogP contribution is 2.75. The lowest BCUT2D eigenvalue weighted by atomic mass is 9.33. The fourth-order valence-electron chi connectivity index (χ4n) is 10.5. The molecule has 0 amide bonds. The summed E-state index contributed by atoms with van der Waals surface area (Å²) in [5.41, 5.74) is 1.94. The van der Waals surface area contributed by atoms with Gasteiger partial charge in [-0.2, -0.15) is 0 Å². The molecular formula is C30H48O3. The van der Waals surface area contributed by atoms with Gasteiger partial charge in [0.05, 0.1) is 11.5 Å². The summed E-state index contributed by atoms with van der Waals surface area (Å²) in [7, 11) is 0. The molecule has 4 fully saturated rings. The van der Waals surface area contributed by atoms with Crippen molar-refractivity contribution in [1.29, 1.82) is 0 Å². The Bertz CT molecular complexity index is 889. The van der Waals surface area contributed by atoms with E-state index in [9.17, 15) is 15.0 Å². The van der Waals surface area contributed by atoms with E-state index in [2.05, 4.69) is 47.6 Å². The number of hydrogen-bond donors (Lipinski definition) is 2. The number of allylic oxidation sites excluding steroid dienone is 2. The first-order valence-electron chi connectivity index (χ1n) is 13.8. The van der Waals surface area contributed by atoms with Crippen molar-refractivity contribution in [2.45, 2.75) is 119 Å². The average molecular weight is 457 g/mol. The molecule has 5 aliphatic rings. The Kier molecular flexibility index (Phi) is 4.99. The maximum atomic E-state index is 12.2. The van der Waals surface area contributed by atoms with Crippen LogP contribution in [0, 0.1) is 50.2 Å². The number of aliphatic hydroxyl groups is 1. The van der Waals surface area contributed by atoms with Crippen molar-refractivity contribution >= 4 is 5.97 Å². The number of rotatable bonds is 1. The number of fused-ring (bicyclic) bond motifs is 7. The number of aliphatic carboxylic acids is 1. The quantitative estimate of drug-likeness (QED) is 0.409. The fourth-order valence-corrected chi connectivity index (χ4v) is 10.5. The molecule has 9 atom stereocenters. The van der Waals surface area contributed by atoms with E-state index in [0.29, 0.717) is 17.8 Å². The Morgan fingerprint density at radius 1 is 0.879 bits per heavy atom. The summed E-state index contributed by atoms with van der Waals surface area (Å²) >= 11 is 0. The van der Waals surface area contributed by atoms with Gasteiger partial charge in [0.2, 0.25) is 0 Å². The molecule has 33 heavy (non-hydrogen) atoms. The van der Waals surface area contributed by atoms with Crippen LogP contribution in [0.15, 0.2) is 11.6 Å². The molecule has 5 aliphatic carbocycles. The van der Waals surface area contributed by atoms with Gasteiger partial charge in [0.1, 0.15) is 0 Å². The topological polar surface area (TPSA) is 57.5 Å². The van der Waals surface area contributed by atoms with Crippen molar-refractivity contribution in [3.63, 3.8) is 0 Å². The van der Waals surface area contributed by atoms with Crippen LogP contribution in [0.4, 0.5) is 0 Å². The van der Waals surface area contributed by atoms with Gasteiger partial charge in [-0.25, -0.2) is 0 Å². The van der Waals surface area contributed by atoms with E-state index in [0.717, 1.165) is 38.5 Å². The molecule has 3 heteroatoms. The van der Waals surface area contributed by atoms with E-state index in [-0.39, 0.29) is 33.2 Å². The second kappa shape index (κ2) is 6.89. The number of carboxylic acid groups (broad SMARTS) is 1. The molecule has 0 unspecified atom stereocenters. The lowest BCUT2D eigenvalue weighted by molar-refractivity contribution is -0.203. The number of carboxylic acids is 1. The zero-order valence-corrected chi connectivity index (χ0v) is 22.3. The van der Waals surface area contributed by atoms with E-state index < -0.39 is 11.4 Å². The zero-order chi connectivity index (χ0) is 24.2. The van der Waals surface area contributed by atoms with Crippen LogP contribution in [0.25, 0.3) is 0 Å². The monoisotopic (exact) mass is 456 g/mol. The van der Waals surface area contributed by atoms with Crippen LogP contribution < -0.4 is 0 Å². The van der Waals surface area contributed by atoms with E-state index in [1.807, 2.05) is 6.92 Å². The largest absolute Gasteiger partial charge is 0.481 e. The molecule has 0 aromatic heterocycles. The molecule has 0 heterocycles. The summed E-state index contributed by atoms with van der Waals surface area (Å²) in [6.07, 6.45) is 13.2. The zero-order valence-electron chi connectivity index (χ0n) is 22.3. The van der Waals surface area contributed by atoms with Crippen LogP contribution in [0.5, 0.6) is 0 Å². The van der Waals surface area contributed by atoms with E-state index in [1.165, 1.54) is 25.7 Å². The summed E-state index contributed by atoms with van der Waals surface area (Å²) in [6.45, 7) is 16.8. The van der Waals surface area contributed by atoms with Gasteiger partial charge >= 0.3 is 5.97 Å². The maximum Gasteiger partial charge on any atom is 0.309 e. The Labute approximate surface area is 201 Å². The van der Waals surface area contributed by atoms with Crippen molar-refractivity contribution < 1.29 is 15.0 Å². The minimum Gasteiger partial charge on any atom is -0.481 e. The SMILES string of the molecule is CC1(C)[C@@H](O)CC[C@]2(C)[C@H]3CC=C4[C@@H]5C[C@](C)(C(=O)O)CC[C@]5(C)CC[C@@]4(C)[C@]3(C)CC[C@@H]12. The highest BCUT2D eigenvalue weighted by molar-refractivity contribution is 5.74. The fraction of sp³-hybridized carbons (Fsp3) is 0.900. The minimum absolute atomic E-state index is 0.0168. The molecular weight excluding hydrogens is 408 g/mol. The first kappa shape index (κ1) is 23.9. The first-order valence-corrected chi connectivity index (χ1v) is 13.8. The van der Waals surface area contributed by atoms with Crippen LogP contribution in [0.1, 0.15) is 113 Å². The van der Waals surface area contributed by atoms with Gasteiger partial charge in [-0.1, -0.05) is 53.2 Å².